The van der Waals surface area contributed by atoms with Gasteiger partial charge >= 0.3 is 0 Å². The van der Waals surface area contributed by atoms with Gasteiger partial charge in [0, 0.05) is 24.8 Å². The van der Waals surface area contributed by atoms with Gasteiger partial charge in [-0.1, -0.05) is 6.07 Å². The highest BCUT2D eigenvalue weighted by molar-refractivity contribution is 5.47. The van der Waals surface area contributed by atoms with Crippen molar-refractivity contribution in [3.05, 3.63) is 30.1 Å². The summed E-state index contributed by atoms with van der Waals surface area (Å²) in [7, 11) is 0. The molecule has 14 heavy (non-hydrogen) atoms. The number of halogens is 1. The van der Waals surface area contributed by atoms with Crippen LogP contribution in [-0.2, 0) is 0 Å². The van der Waals surface area contributed by atoms with Gasteiger partial charge in [-0.3, -0.25) is 0 Å². The molecule has 1 fully saturated rings. The minimum atomic E-state index is -0.179. The molecule has 1 aromatic rings. The fourth-order valence-corrected chi connectivity index (χ4v) is 1.92. The van der Waals surface area contributed by atoms with Crippen LogP contribution in [0.2, 0.25) is 0 Å². The van der Waals surface area contributed by atoms with Gasteiger partial charge in [-0.2, -0.15) is 0 Å². The molecule has 76 valence electrons. The number of nitrogens with zero attached hydrogens (tertiary/aromatic N) is 1. The second-order valence-electron chi connectivity index (χ2n) is 3.83. The summed E-state index contributed by atoms with van der Waals surface area (Å²) in [5, 5.41) is 0. The first-order chi connectivity index (χ1) is 6.75. The van der Waals surface area contributed by atoms with Crippen molar-refractivity contribution in [3.63, 3.8) is 0 Å². The second kappa shape index (κ2) is 3.96. The summed E-state index contributed by atoms with van der Waals surface area (Å²) in [5.41, 5.74) is 6.81. The van der Waals surface area contributed by atoms with E-state index in [1.54, 1.807) is 12.1 Å². The van der Waals surface area contributed by atoms with Gasteiger partial charge in [0.1, 0.15) is 5.82 Å². The van der Waals surface area contributed by atoms with Crippen molar-refractivity contribution >= 4 is 5.69 Å². The Kier molecular flexibility index (Phi) is 2.68. The maximum Gasteiger partial charge on any atom is 0.125 e. The molecular weight excluding hydrogens is 179 g/mol. The van der Waals surface area contributed by atoms with Crippen molar-refractivity contribution in [3.8, 4) is 0 Å². The van der Waals surface area contributed by atoms with Gasteiger partial charge in [0.25, 0.3) is 0 Å². The molecule has 1 atom stereocenters. The zero-order valence-electron chi connectivity index (χ0n) is 8.12. The van der Waals surface area contributed by atoms with Crippen LogP contribution in [0.5, 0.6) is 0 Å². The number of piperidine rings is 1. The van der Waals surface area contributed by atoms with Gasteiger partial charge in [0.2, 0.25) is 0 Å². The number of hydrogen-bond donors (Lipinski definition) is 1. The molecule has 2 N–H and O–H groups in total. The Hall–Kier alpha value is -1.09. The Labute approximate surface area is 83.5 Å². The van der Waals surface area contributed by atoms with Gasteiger partial charge in [-0.25, -0.2) is 4.39 Å². The van der Waals surface area contributed by atoms with Crippen molar-refractivity contribution in [2.45, 2.75) is 18.9 Å². The van der Waals surface area contributed by atoms with Crippen LogP contribution in [0.4, 0.5) is 10.1 Å². The summed E-state index contributed by atoms with van der Waals surface area (Å²) >= 11 is 0. The van der Waals surface area contributed by atoms with Gasteiger partial charge in [0.15, 0.2) is 0 Å². The first-order valence-corrected chi connectivity index (χ1v) is 5.02. The molecule has 1 aliphatic rings. The van der Waals surface area contributed by atoms with Crippen molar-refractivity contribution < 1.29 is 4.39 Å². The molecule has 3 heteroatoms. The molecule has 2 rings (SSSR count). The highest BCUT2D eigenvalue weighted by Crippen LogP contribution is 2.19. The Bertz CT molecular complexity index is 314. The van der Waals surface area contributed by atoms with Crippen LogP contribution in [0.3, 0.4) is 0 Å². The predicted octanol–water partition coefficient (Wildman–Crippen LogP) is 1.75. The lowest BCUT2D eigenvalue weighted by atomic mass is 10.1. The third kappa shape index (κ3) is 2.04. The summed E-state index contributed by atoms with van der Waals surface area (Å²) in [6, 6.07) is 6.93. The third-order valence-electron chi connectivity index (χ3n) is 2.63. The summed E-state index contributed by atoms with van der Waals surface area (Å²) in [6.07, 6.45) is 2.17. The van der Waals surface area contributed by atoms with Gasteiger partial charge in [-0.05, 0) is 31.0 Å². The SMILES string of the molecule is N[C@H]1CCCN(c2cccc(F)c2)C1. The molecule has 0 radical (unpaired) electrons. The smallest absolute Gasteiger partial charge is 0.125 e. The van der Waals surface area contributed by atoms with Crippen LogP contribution in [0, 0.1) is 5.82 Å². The van der Waals surface area contributed by atoms with E-state index in [2.05, 4.69) is 4.90 Å². The summed E-state index contributed by atoms with van der Waals surface area (Å²) in [4.78, 5) is 2.15. The largest absolute Gasteiger partial charge is 0.370 e. The van der Waals surface area contributed by atoms with Crippen LogP contribution in [-0.4, -0.2) is 19.1 Å². The fourth-order valence-electron chi connectivity index (χ4n) is 1.92. The molecule has 0 amide bonds. The highest BCUT2D eigenvalue weighted by atomic mass is 19.1. The lowest BCUT2D eigenvalue weighted by Crippen LogP contribution is -2.42. The molecule has 1 heterocycles. The van der Waals surface area contributed by atoms with E-state index in [1.165, 1.54) is 6.07 Å². The molecular formula is C11H15FN2. The molecule has 0 unspecified atom stereocenters. The maximum absolute atomic E-state index is 13.0. The van der Waals surface area contributed by atoms with E-state index < -0.39 is 0 Å². The van der Waals surface area contributed by atoms with E-state index in [9.17, 15) is 4.39 Å². The minimum absolute atomic E-state index is 0.179. The Balaban J connectivity index is 2.14. The van der Waals surface area contributed by atoms with Crippen LogP contribution in [0.15, 0.2) is 24.3 Å². The third-order valence-corrected chi connectivity index (χ3v) is 2.63. The number of benzene rings is 1. The second-order valence-corrected chi connectivity index (χ2v) is 3.83. The number of nitrogens with two attached hydrogens (primary N) is 1. The van der Waals surface area contributed by atoms with E-state index in [0.717, 1.165) is 31.6 Å². The average Bonchev–Trinajstić information content (AvgIpc) is 2.18. The van der Waals surface area contributed by atoms with E-state index in [1.807, 2.05) is 6.07 Å². The fraction of sp³-hybridized carbons (Fsp3) is 0.455. The number of rotatable bonds is 1. The monoisotopic (exact) mass is 194 g/mol. The molecule has 0 bridgehead atoms. The Morgan fingerprint density at radius 2 is 2.29 bits per heavy atom. The first kappa shape index (κ1) is 9.46. The molecule has 1 aromatic carbocycles. The Morgan fingerprint density at radius 3 is 3.00 bits per heavy atom. The highest BCUT2D eigenvalue weighted by Gasteiger charge is 2.16. The zero-order valence-corrected chi connectivity index (χ0v) is 8.12. The minimum Gasteiger partial charge on any atom is -0.370 e. The number of hydrogen-bond acceptors (Lipinski definition) is 2. The van der Waals surface area contributed by atoms with Gasteiger partial charge in [-0.15, -0.1) is 0 Å². The molecule has 0 aromatic heterocycles. The lowest BCUT2D eigenvalue weighted by Gasteiger charge is -2.32. The predicted molar refractivity (Wildman–Crippen MR) is 55.8 cm³/mol. The summed E-state index contributed by atoms with van der Waals surface area (Å²) in [5.74, 6) is -0.179. The maximum atomic E-state index is 13.0. The molecule has 0 aliphatic carbocycles. The van der Waals surface area contributed by atoms with Gasteiger partial charge < -0.3 is 10.6 Å². The molecule has 0 saturated carbocycles. The summed E-state index contributed by atoms with van der Waals surface area (Å²) < 4.78 is 13.0. The molecule has 1 saturated heterocycles. The van der Waals surface area contributed by atoms with E-state index in [-0.39, 0.29) is 11.9 Å². The van der Waals surface area contributed by atoms with E-state index >= 15 is 0 Å². The van der Waals surface area contributed by atoms with Crippen LogP contribution in [0.1, 0.15) is 12.8 Å². The first-order valence-electron chi connectivity index (χ1n) is 5.02. The normalized spacial score (nSPS) is 22.4. The van der Waals surface area contributed by atoms with Crippen molar-refractivity contribution in [2.75, 3.05) is 18.0 Å². The van der Waals surface area contributed by atoms with E-state index in [4.69, 9.17) is 5.73 Å². The zero-order chi connectivity index (χ0) is 9.97. The topological polar surface area (TPSA) is 29.3 Å². The molecule has 1 aliphatic heterocycles. The standard InChI is InChI=1S/C11H15FN2/c12-9-3-1-5-11(7-9)14-6-2-4-10(13)8-14/h1,3,5,7,10H,2,4,6,8,13H2/t10-/m0/s1. The van der Waals surface area contributed by atoms with Gasteiger partial charge in [0.05, 0.1) is 0 Å². The summed E-state index contributed by atoms with van der Waals surface area (Å²) in [6.45, 7) is 1.82. The van der Waals surface area contributed by atoms with Crippen molar-refractivity contribution in [2.24, 2.45) is 5.73 Å². The lowest BCUT2D eigenvalue weighted by molar-refractivity contribution is 0.505. The van der Waals surface area contributed by atoms with Crippen LogP contribution in [0.25, 0.3) is 0 Å². The van der Waals surface area contributed by atoms with Crippen molar-refractivity contribution in [1.82, 2.24) is 0 Å². The van der Waals surface area contributed by atoms with Crippen molar-refractivity contribution in [1.29, 1.82) is 0 Å². The van der Waals surface area contributed by atoms with E-state index in [0.29, 0.717) is 0 Å². The molecule has 2 nitrogen and oxygen atoms in total. The van der Waals surface area contributed by atoms with Crippen LogP contribution >= 0.6 is 0 Å². The van der Waals surface area contributed by atoms with Crippen LogP contribution < -0.4 is 10.6 Å². The average molecular weight is 194 g/mol. The Morgan fingerprint density at radius 1 is 1.43 bits per heavy atom. The quantitative estimate of drug-likeness (QED) is 0.738. The molecule has 0 spiro atoms. The number of anilines is 1.